The van der Waals surface area contributed by atoms with Crippen LogP contribution in [0.25, 0.3) is 0 Å². The quantitative estimate of drug-likeness (QED) is 0.329. The van der Waals surface area contributed by atoms with Crippen LogP contribution in [0.4, 0.5) is 17.1 Å². The smallest absolute Gasteiger partial charge is 0.269 e. The fraction of sp³-hybridized carbons (Fsp3) is 0.412. The first-order valence-electron chi connectivity index (χ1n) is 8.34. The number of halogens is 1. The van der Waals surface area contributed by atoms with Gasteiger partial charge in [0, 0.05) is 13.1 Å². The Kier molecular flexibility index (Phi) is 6.39. The molecule has 9 nitrogen and oxygen atoms in total. The van der Waals surface area contributed by atoms with E-state index in [-0.39, 0.29) is 34.0 Å². The number of sulfonamides is 1. The summed E-state index contributed by atoms with van der Waals surface area (Å²) in [5.74, 6) is -0.505. The average molecular weight is 432 g/mol. The Labute approximate surface area is 167 Å². The summed E-state index contributed by atoms with van der Waals surface area (Å²) in [6.45, 7) is 5.76. The lowest BCUT2D eigenvalue weighted by Gasteiger charge is -2.23. The zero-order chi connectivity index (χ0) is 21.4. The van der Waals surface area contributed by atoms with E-state index in [4.69, 9.17) is 11.6 Å². The number of hydrogen-bond donors (Lipinski definition) is 3. The van der Waals surface area contributed by atoms with Crippen molar-refractivity contribution >= 4 is 38.7 Å². The molecule has 0 aliphatic heterocycles. The number of anilines is 3. The first kappa shape index (κ1) is 22.2. The van der Waals surface area contributed by atoms with Crippen molar-refractivity contribution < 1.29 is 18.4 Å². The van der Waals surface area contributed by atoms with E-state index >= 15 is 0 Å². The van der Waals surface area contributed by atoms with Crippen LogP contribution >= 0.6 is 11.6 Å². The molecule has 0 saturated carbocycles. The van der Waals surface area contributed by atoms with Crippen LogP contribution in [0.3, 0.4) is 0 Å². The van der Waals surface area contributed by atoms with Crippen LogP contribution < -0.4 is 21.5 Å². The number of rotatable bonds is 8. The Morgan fingerprint density at radius 2 is 1.71 bits per heavy atom. The minimum atomic E-state index is -4.26. The molecule has 2 rings (SSSR count). The van der Waals surface area contributed by atoms with E-state index in [0.717, 1.165) is 14.2 Å². The van der Waals surface area contributed by atoms with E-state index < -0.39 is 31.5 Å². The second-order valence-electron chi connectivity index (χ2n) is 6.58. The Bertz CT molecular complexity index is 1060. The van der Waals surface area contributed by atoms with Gasteiger partial charge in [-0.2, -0.15) is 0 Å². The number of aromatic hydroxyl groups is 1. The van der Waals surface area contributed by atoms with Gasteiger partial charge in [-0.15, -0.1) is 0 Å². The molecule has 28 heavy (non-hydrogen) atoms. The van der Waals surface area contributed by atoms with Crippen molar-refractivity contribution in [3.63, 3.8) is 0 Å². The molecule has 11 heteroatoms. The Hall–Kier alpha value is -2.14. The Morgan fingerprint density at radius 3 is 2.25 bits per heavy atom. The van der Waals surface area contributed by atoms with Gasteiger partial charge in [0.1, 0.15) is 16.3 Å². The summed E-state index contributed by atoms with van der Waals surface area (Å²) in [4.78, 5) is 28.0. The summed E-state index contributed by atoms with van der Waals surface area (Å²) in [6.07, 6.45) is 0. The first-order chi connectivity index (χ1) is 12.9. The number of phenolic OH excluding ortho intramolecular Hbond substituents is 1. The van der Waals surface area contributed by atoms with Crippen LogP contribution in [0.1, 0.15) is 20.8 Å². The summed E-state index contributed by atoms with van der Waals surface area (Å²) in [6, 6.07) is 2.46. The topological polar surface area (TPSA) is 125 Å². The average Bonchev–Trinajstić information content (AvgIpc) is 2.64. The molecule has 0 amide bonds. The number of hydrogen-bond acceptors (Lipinski definition) is 8. The lowest BCUT2D eigenvalue weighted by molar-refractivity contribution is -0.0259. The zero-order valence-corrected chi connectivity index (χ0v) is 17.6. The number of phenols is 1. The highest BCUT2D eigenvalue weighted by Gasteiger charge is 2.30. The maximum absolute atomic E-state index is 12.5. The Balaban J connectivity index is 2.48. The molecule has 0 unspecified atom stereocenters. The van der Waals surface area contributed by atoms with Gasteiger partial charge in [-0.1, -0.05) is 29.9 Å². The third-order valence-electron chi connectivity index (χ3n) is 4.48. The maximum Gasteiger partial charge on any atom is 0.269 e. The molecule has 0 heterocycles. The molecule has 0 aliphatic carbocycles. The van der Waals surface area contributed by atoms with E-state index in [9.17, 15) is 23.1 Å². The molecule has 0 fully saturated rings. The summed E-state index contributed by atoms with van der Waals surface area (Å²) < 4.78 is 25.6. The highest BCUT2D eigenvalue weighted by molar-refractivity contribution is 7.89. The summed E-state index contributed by atoms with van der Waals surface area (Å²) in [7, 11) is -1.98. The van der Waals surface area contributed by atoms with Gasteiger partial charge < -0.3 is 15.7 Å². The summed E-state index contributed by atoms with van der Waals surface area (Å²) in [5, 5.41) is 15.8. The van der Waals surface area contributed by atoms with E-state index in [1.165, 1.54) is 12.1 Å². The van der Waals surface area contributed by atoms with Gasteiger partial charge in [0.05, 0.1) is 17.8 Å². The molecule has 1 atom stereocenters. The summed E-state index contributed by atoms with van der Waals surface area (Å²) in [5.41, 5.74) is -1.53. The van der Waals surface area contributed by atoms with Crippen molar-refractivity contribution in [3.8, 4) is 5.75 Å². The van der Waals surface area contributed by atoms with Gasteiger partial charge in [0.15, 0.2) is 5.75 Å². The van der Waals surface area contributed by atoms with E-state index in [2.05, 4.69) is 15.5 Å². The van der Waals surface area contributed by atoms with Crippen molar-refractivity contribution in [1.82, 2.24) is 4.47 Å². The lowest BCUT2D eigenvalue weighted by Crippen LogP contribution is -2.39. The molecular formula is C17H22ClN3O6S. The van der Waals surface area contributed by atoms with Gasteiger partial charge >= 0.3 is 0 Å². The number of benzene rings is 1. The second-order valence-corrected chi connectivity index (χ2v) is 8.86. The number of nitrogens with one attached hydrogen (secondary N) is 2. The molecule has 154 valence electrons. The molecule has 2 aromatic carbocycles. The molecule has 2 aromatic rings. The molecule has 0 aromatic heterocycles. The monoisotopic (exact) mass is 431 g/mol. The van der Waals surface area contributed by atoms with Gasteiger partial charge in [-0.05, 0) is 25.0 Å². The molecular weight excluding hydrogens is 410 g/mol. The predicted octanol–water partition coefficient (Wildman–Crippen LogP) is 2.02. The molecule has 0 saturated heterocycles. The van der Waals surface area contributed by atoms with Gasteiger partial charge in [-0.3, -0.25) is 14.4 Å². The third kappa shape index (κ3) is 3.86. The summed E-state index contributed by atoms with van der Waals surface area (Å²) >= 11 is 5.96. The van der Waals surface area contributed by atoms with Crippen LogP contribution in [-0.4, -0.2) is 38.2 Å². The van der Waals surface area contributed by atoms with Crippen LogP contribution in [0.15, 0.2) is 26.6 Å². The molecule has 3 N–H and O–H groups in total. The van der Waals surface area contributed by atoms with Gasteiger partial charge in [0.2, 0.25) is 0 Å². The fourth-order valence-electron chi connectivity index (χ4n) is 2.30. The normalized spacial score (nSPS) is 13.3. The second kappa shape index (κ2) is 8.08. The number of hydroxylamine groups is 1. The van der Waals surface area contributed by atoms with E-state index in [1.807, 2.05) is 20.8 Å². The van der Waals surface area contributed by atoms with Crippen molar-refractivity contribution in [2.24, 2.45) is 5.92 Å². The minimum Gasteiger partial charge on any atom is -0.504 e. The molecule has 0 radical (unpaired) electrons. The van der Waals surface area contributed by atoms with E-state index in [0.29, 0.717) is 4.47 Å². The maximum atomic E-state index is 12.5. The van der Waals surface area contributed by atoms with Gasteiger partial charge in [0.25, 0.3) is 20.9 Å². The molecule has 0 aliphatic rings. The molecule has 0 spiro atoms. The van der Waals surface area contributed by atoms with Crippen LogP contribution in [0.5, 0.6) is 5.75 Å². The van der Waals surface area contributed by atoms with Crippen LogP contribution in [0.2, 0.25) is 5.02 Å². The SMILES string of the molecule is CON(C)S(=O)(=O)c1c(Cl)ccc(Nc2c(N[C@@H](C)C(C)C)c(=O)c2=O)c1O. The van der Waals surface area contributed by atoms with Crippen molar-refractivity contribution in [1.29, 1.82) is 0 Å². The minimum absolute atomic E-state index is 0.0569. The fourth-order valence-corrected chi connectivity index (χ4v) is 3.86. The van der Waals surface area contributed by atoms with Crippen LogP contribution in [0, 0.1) is 5.92 Å². The highest BCUT2D eigenvalue weighted by Crippen LogP contribution is 2.39. The first-order valence-corrected chi connectivity index (χ1v) is 10.2. The third-order valence-corrected chi connectivity index (χ3v) is 6.66. The highest BCUT2D eigenvalue weighted by atomic mass is 35.5. The van der Waals surface area contributed by atoms with Crippen LogP contribution in [-0.2, 0) is 14.9 Å². The largest absolute Gasteiger partial charge is 0.504 e. The Morgan fingerprint density at radius 1 is 1.14 bits per heavy atom. The lowest BCUT2D eigenvalue weighted by atomic mass is 10.0. The van der Waals surface area contributed by atoms with Crippen molar-refractivity contribution in [3.05, 3.63) is 37.6 Å². The number of nitrogens with zero attached hydrogens (tertiary/aromatic N) is 1. The van der Waals surface area contributed by atoms with Gasteiger partial charge in [-0.25, -0.2) is 8.42 Å². The van der Waals surface area contributed by atoms with Crippen molar-refractivity contribution in [2.75, 3.05) is 24.8 Å². The molecule has 0 bridgehead atoms. The van der Waals surface area contributed by atoms with Crippen molar-refractivity contribution in [2.45, 2.75) is 31.7 Å². The standard InChI is InChI=1S/C17H22ClN3O6S/c1-8(2)9(3)19-12-13(16(24)15(12)23)20-11-7-6-10(18)17(14(11)22)28(25,26)21(4)27-5/h6-9,19-20,22H,1-5H3/t9-/m0/s1. The zero-order valence-electron chi connectivity index (χ0n) is 16.0. The van der Waals surface area contributed by atoms with E-state index in [1.54, 1.807) is 0 Å². The predicted molar refractivity (Wildman–Crippen MR) is 108 cm³/mol.